The molecule has 0 unspecified atom stereocenters. The maximum atomic E-state index is 12.3. The molecule has 19 heavy (non-hydrogen) atoms. The molecule has 3 N–H and O–H groups in total. The normalized spacial score (nSPS) is 10.8. The Labute approximate surface area is 115 Å². The number of benzene rings is 1. The summed E-state index contributed by atoms with van der Waals surface area (Å²) in [4.78, 5) is 18.2. The summed E-state index contributed by atoms with van der Waals surface area (Å²) in [6.45, 7) is 3.21. The molecule has 0 aliphatic rings. The van der Waals surface area contributed by atoms with Crippen molar-refractivity contribution in [2.24, 2.45) is 0 Å². The van der Waals surface area contributed by atoms with Gasteiger partial charge in [-0.2, -0.15) is 0 Å². The second kappa shape index (κ2) is 5.99. The zero-order chi connectivity index (χ0) is 13.8. The first-order valence-corrected chi connectivity index (χ1v) is 7.03. The van der Waals surface area contributed by atoms with E-state index in [1.807, 2.05) is 19.1 Å². The van der Waals surface area contributed by atoms with Crippen molar-refractivity contribution in [1.82, 2.24) is 9.88 Å². The average Bonchev–Trinajstić information content (AvgIpc) is 2.78. The molecule has 1 amide bonds. The van der Waals surface area contributed by atoms with Crippen LogP contribution in [0.3, 0.4) is 0 Å². The number of aliphatic hydroxyl groups excluding tert-OH is 1. The van der Waals surface area contributed by atoms with Gasteiger partial charge in [-0.25, -0.2) is 4.98 Å². The second-order valence-electron chi connectivity index (χ2n) is 4.20. The van der Waals surface area contributed by atoms with Gasteiger partial charge in [0.2, 0.25) is 0 Å². The van der Waals surface area contributed by atoms with E-state index in [0.717, 1.165) is 10.2 Å². The number of nitrogens with two attached hydrogens (primary N) is 1. The minimum Gasteiger partial charge on any atom is -0.396 e. The molecule has 2 rings (SSSR count). The Morgan fingerprint density at radius 1 is 1.53 bits per heavy atom. The van der Waals surface area contributed by atoms with Gasteiger partial charge in [0.1, 0.15) is 0 Å². The first kappa shape index (κ1) is 13.8. The molecule has 0 saturated heterocycles. The van der Waals surface area contributed by atoms with Gasteiger partial charge in [0.05, 0.1) is 10.2 Å². The number of aliphatic hydroxyl groups is 1. The predicted molar refractivity (Wildman–Crippen MR) is 77.3 cm³/mol. The van der Waals surface area contributed by atoms with Crippen molar-refractivity contribution >= 4 is 32.6 Å². The van der Waals surface area contributed by atoms with Crippen molar-refractivity contribution in [1.29, 1.82) is 0 Å². The molecule has 1 aromatic heterocycles. The first-order chi connectivity index (χ1) is 9.15. The van der Waals surface area contributed by atoms with Gasteiger partial charge in [-0.05, 0) is 31.5 Å². The maximum Gasteiger partial charge on any atom is 0.253 e. The maximum absolute atomic E-state index is 12.3. The SMILES string of the molecule is CCN(CCCO)C(=O)c1ccc2nc(N)sc2c1. The van der Waals surface area contributed by atoms with Crippen LogP contribution in [0.5, 0.6) is 0 Å². The fourth-order valence-electron chi connectivity index (χ4n) is 1.92. The zero-order valence-electron chi connectivity index (χ0n) is 10.8. The van der Waals surface area contributed by atoms with Crippen molar-refractivity contribution in [2.45, 2.75) is 13.3 Å². The van der Waals surface area contributed by atoms with E-state index >= 15 is 0 Å². The number of anilines is 1. The van der Waals surface area contributed by atoms with Crippen molar-refractivity contribution in [3.8, 4) is 0 Å². The van der Waals surface area contributed by atoms with Gasteiger partial charge in [0.15, 0.2) is 5.13 Å². The van der Waals surface area contributed by atoms with Crippen LogP contribution >= 0.6 is 11.3 Å². The number of aromatic nitrogens is 1. The third-order valence-electron chi connectivity index (χ3n) is 2.91. The topological polar surface area (TPSA) is 79.5 Å². The quantitative estimate of drug-likeness (QED) is 0.873. The van der Waals surface area contributed by atoms with Crippen LogP contribution in [0.25, 0.3) is 10.2 Å². The molecule has 0 radical (unpaired) electrons. The lowest BCUT2D eigenvalue weighted by Crippen LogP contribution is -2.32. The van der Waals surface area contributed by atoms with E-state index in [2.05, 4.69) is 4.98 Å². The lowest BCUT2D eigenvalue weighted by molar-refractivity contribution is 0.0754. The Hall–Kier alpha value is -1.66. The summed E-state index contributed by atoms with van der Waals surface area (Å²) in [5.74, 6) is -0.0233. The molecule has 102 valence electrons. The lowest BCUT2D eigenvalue weighted by Gasteiger charge is -2.20. The van der Waals surface area contributed by atoms with Crippen LogP contribution in [0, 0.1) is 0 Å². The van der Waals surface area contributed by atoms with E-state index in [1.54, 1.807) is 11.0 Å². The molecule has 0 bridgehead atoms. The van der Waals surface area contributed by atoms with Crippen LogP contribution in [0.2, 0.25) is 0 Å². The fraction of sp³-hybridized carbons (Fsp3) is 0.385. The number of thiazole rings is 1. The summed E-state index contributed by atoms with van der Waals surface area (Å²) in [6, 6.07) is 5.41. The van der Waals surface area contributed by atoms with E-state index in [9.17, 15) is 4.79 Å². The van der Waals surface area contributed by atoms with Crippen LogP contribution in [0.15, 0.2) is 18.2 Å². The first-order valence-electron chi connectivity index (χ1n) is 6.22. The largest absolute Gasteiger partial charge is 0.396 e. The number of carbonyl (C=O) groups excluding carboxylic acids is 1. The minimum atomic E-state index is -0.0233. The Kier molecular flexibility index (Phi) is 4.34. The molecule has 6 heteroatoms. The molecule has 1 heterocycles. The summed E-state index contributed by atoms with van der Waals surface area (Å²) in [5.41, 5.74) is 7.10. The molecule has 0 aliphatic heterocycles. The number of nitrogen functional groups attached to an aromatic ring is 1. The Balaban J connectivity index is 2.24. The van der Waals surface area contributed by atoms with E-state index in [4.69, 9.17) is 10.8 Å². The third kappa shape index (κ3) is 3.02. The number of hydrogen-bond acceptors (Lipinski definition) is 5. The standard InChI is InChI=1S/C13H17N3O2S/c1-2-16(6-3-7-17)12(18)9-4-5-10-11(8-9)19-13(14)15-10/h4-5,8,17H,2-3,6-7H2,1H3,(H2,14,15). The highest BCUT2D eigenvalue weighted by molar-refractivity contribution is 7.22. The lowest BCUT2D eigenvalue weighted by atomic mass is 10.2. The van der Waals surface area contributed by atoms with Gasteiger partial charge in [-0.15, -0.1) is 0 Å². The highest BCUT2D eigenvalue weighted by Gasteiger charge is 2.14. The Morgan fingerprint density at radius 3 is 3.00 bits per heavy atom. The number of fused-ring (bicyclic) bond motifs is 1. The molecule has 0 aliphatic carbocycles. The van der Waals surface area contributed by atoms with E-state index in [-0.39, 0.29) is 12.5 Å². The molecular weight excluding hydrogens is 262 g/mol. The van der Waals surface area contributed by atoms with Crippen molar-refractivity contribution in [3.63, 3.8) is 0 Å². The second-order valence-corrected chi connectivity index (χ2v) is 5.26. The Morgan fingerprint density at radius 2 is 2.32 bits per heavy atom. The van der Waals surface area contributed by atoms with Gasteiger partial charge >= 0.3 is 0 Å². The summed E-state index contributed by atoms with van der Waals surface area (Å²) >= 11 is 1.38. The number of amides is 1. The zero-order valence-corrected chi connectivity index (χ0v) is 11.6. The molecule has 1 aromatic carbocycles. The highest BCUT2D eigenvalue weighted by Crippen LogP contribution is 2.25. The molecule has 0 spiro atoms. The average molecular weight is 279 g/mol. The summed E-state index contributed by atoms with van der Waals surface area (Å²) in [5, 5.41) is 9.36. The number of nitrogens with zero attached hydrogens (tertiary/aromatic N) is 2. The molecule has 0 atom stereocenters. The molecule has 0 saturated carbocycles. The summed E-state index contributed by atoms with van der Waals surface area (Å²) < 4.78 is 0.918. The van der Waals surface area contributed by atoms with Gasteiger partial charge in [-0.1, -0.05) is 11.3 Å². The van der Waals surface area contributed by atoms with Crippen LogP contribution in [-0.4, -0.2) is 40.6 Å². The summed E-state index contributed by atoms with van der Waals surface area (Å²) in [6.07, 6.45) is 0.593. The molecule has 2 aromatic rings. The highest BCUT2D eigenvalue weighted by atomic mass is 32.1. The summed E-state index contributed by atoms with van der Waals surface area (Å²) in [7, 11) is 0. The van der Waals surface area contributed by atoms with Crippen molar-refractivity contribution in [3.05, 3.63) is 23.8 Å². The monoisotopic (exact) mass is 279 g/mol. The van der Waals surface area contributed by atoms with Gasteiger partial charge in [0, 0.05) is 25.3 Å². The number of rotatable bonds is 5. The van der Waals surface area contributed by atoms with E-state index in [0.29, 0.717) is 30.2 Å². The van der Waals surface area contributed by atoms with Gasteiger partial charge in [-0.3, -0.25) is 4.79 Å². The van der Waals surface area contributed by atoms with Gasteiger partial charge < -0.3 is 15.7 Å². The molecule has 0 fully saturated rings. The number of carbonyl (C=O) groups is 1. The minimum absolute atomic E-state index is 0.0233. The molecule has 5 nitrogen and oxygen atoms in total. The Bertz CT molecular complexity index is 582. The van der Waals surface area contributed by atoms with E-state index in [1.165, 1.54) is 11.3 Å². The third-order valence-corrected chi connectivity index (χ3v) is 3.75. The van der Waals surface area contributed by atoms with Crippen LogP contribution < -0.4 is 5.73 Å². The van der Waals surface area contributed by atoms with Crippen LogP contribution in [-0.2, 0) is 0 Å². The van der Waals surface area contributed by atoms with Crippen LogP contribution in [0.4, 0.5) is 5.13 Å². The number of hydrogen-bond donors (Lipinski definition) is 2. The van der Waals surface area contributed by atoms with Crippen LogP contribution in [0.1, 0.15) is 23.7 Å². The van der Waals surface area contributed by atoms with E-state index < -0.39 is 0 Å². The van der Waals surface area contributed by atoms with Crippen molar-refractivity contribution in [2.75, 3.05) is 25.4 Å². The predicted octanol–water partition coefficient (Wildman–Crippen LogP) is 1.72. The van der Waals surface area contributed by atoms with Gasteiger partial charge in [0.25, 0.3) is 5.91 Å². The fourth-order valence-corrected chi connectivity index (χ4v) is 2.70. The smallest absolute Gasteiger partial charge is 0.253 e. The van der Waals surface area contributed by atoms with Crippen molar-refractivity contribution < 1.29 is 9.90 Å². The molecular formula is C13H17N3O2S.